The molecule has 6 heteroatoms. The van der Waals surface area contributed by atoms with Crippen molar-refractivity contribution in [2.24, 2.45) is 0 Å². The van der Waals surface area contributed by atoms with E-state index in [4.69, 9.17) is 14.6 Å². The van der Waals surface area contributed by atoms with Gasteiger partial charge in [-0.2, -0.15) is 0 Å². The molecular weight excluding hydrogens is 262 g/mol. The zero-order chi connectivity index (χ0) is 14.5. The summed E-state index contributed by atoms with van der Waals surface area (Å²) in [5.74, 6) is -0.601. The Labute approximate surface area is 116 Å². The number of carboxylic acid groups (broad SMARTS) is 1. The van der Waals surface area contributed by atoms with Crippen LogP contribution in [-0.4, -0.2) is 35.7 Å². The number of rotatable bonds is 5. The average Bonchev–Trinajstić information content (AvgIpc) is 2.46. The van der Waals surface area contributed by atoms with E-state index >= 15 is 0 Å². The Kier molecular flexibility index (Phi) is 4.24. The van der Waals surface area contributed by atoms with Gasteiger partial charge in [0.1, 0.15) is 12.6 Å². The molecule has 1 amide bonds. The van der Waals surface area contributed by atoms with Gasteiger partial charge in [-0.15, -0.1) is 6.58 Å². The van der Waals surface area contributed by atoms with Crippen molar-refractivity contribution >= 4 is 11.9 Å². The van der Waals surface area contributed by atoms with Gasteiger partial charge in [0.05, 0.1) is 0 Å². The molecule has 1 aromatic rings. The first kappa shape index (κ1) is 13.9. The van der Waals surface area contributed by atoms with Gasteiger partial charge >= 0.3 is 5.97 Å². The molecule has 2 unspecified atom stereocenters. The Hall–Kier alpha value is -2.50. The molecule has 1 heterocycles. The predicted octanol–water partition coefficient (Wildman–Crippen LogP) is 0.972. The van der Waals surface area contributed by atoms with Gasteiger partial charge in [-0.25, -0.2) is 4.79 Å². The van der Waals surface area contributed by atoms with Crippen molar-refractivity contribution in [2.45, 2.75) is 18.6 Å². The fraction of sp³-hybridized carbons (Fsp3) is 0.286. The maximum atomic E-state index is 12.0. The summed E-state index contributed by atoms with van der Waals surface area (Å²) in [5, 5.41) is 11.4. The molecule has 1 aromatic carbocycles. The quantitative estimate of drug-likeness (QED) is 0.783. The van der Waals surface area contributed by atoms with Crippen LogP contribution in [0.2, 0.25) is 0 Å². The van der Waals surface area contributed by atoms with Gasteiger partial charge in [0, 0.05) is 0 Å². The monoisotopic (exact) mass is 277 g/mol. The molecule has 0 bridgehead atoms. The molecule has 6 nitrogen and oxygen atoms in total. The third-order valence-electron chi connectivity index (χ3n) is 2.82. The second-order valence-corrected chi connectivity index (χ2v) is 4.29. The zero-order valence-electron chi connectivity index (χ0n) is 10.7. The fourth-order valence-electron chi connectivity index (χ4n) is 1.80. The number of nitrogens with one attached hydrogen (secondary N) is 1. The summed E-state index contributed by atoms with van der Waals surface area (Å²) >= 11 is 0. The molecule has 106 valence electrons. The summed E-state index contributed by atoms with van der Waals surface area (Å²) in [6.45, 7) is 3.51. The van der Waals surface area contributed by atoms with E-state index in [1.54, 1.807) is 24.3 Å². The molecule has 0 spiro atoms. The van der Waals surface area contributed by atoms with Gasteiger partial charge in [-0.1, -0.05) is 18.2 Å². The van der Waals surface area contributed by atoms with Crippen molar-refractivity contribution in [3.63, 3.8) is 0 Å². The smallest absolute Gasteiger partial charge is 0.326 e. The summed E-state index contributed by atoms with van der Waals surface area (Å²) in [5.41, 5.74) is 0. The Balaban J connectivity index is 2.01. The van der Waals surface area contributed by atoms with Crippen LogP contribution in [0.3, 0.4) is 0 Å². The number of carbonyl (C=O) groups excluding carboxylic acids is 1. The van der Waals surface area contributed by atoms with Crippen molar-refractivity contribution in [2.75, 3.05) is 6.61 Å². The van der Waals surface area contributed by atoms with E-state index in [0.717, 1.165) is 0 Å². The summed E-state index contributed by atoms with van der Waals surface area (Å²) in [6, 6.07) is 5.97. The topological polar surface area (TPSA) is 84.9 Å². The van der Waals surface area contributed by atoms with Gasteiger partial charge < -0.3 is 19.9 Å². The SMILES string of the molecule is C=CCC(NC(=O)C1COc2ccccc2O1)C(=O)O. The number of para-hydroxylation sites is 2. The molecule has 1 aliphatic heterocycles. The highest BCUT2D eigenvalue weighted by Crippen LogP contribution is 2.30. The van der Waals surface area contributed by atoms with Crippen LogP contribution in [0, 0.1) is 0 Å². The van der Waals surface area contributed by atoms with Crippen LogP contribution < -0.4 is 14.8 Å². The third-order valence-corrected chi connectivity index (χ3v) is 2.82. The summed E-state index contributed by atoms with van der Waals surface area (Å²) in [7, 11) is 0. The number of hydrogen-bond acceptors (Lipinski definition) is 4. The highest BCUT2D eigenvalue weighted by atomic mass is 16.6. The van der Waals surface area contributed by atoms with E-state index in [2.05, 4.69) is 11.9 Å². The first-order valence-electron chi connectivity index (χ1n) is 6.14. The van der Waals surface area contributed by atoms with Crippen LogP contribution >= 0.6 is 0 Å². The number of benzene rings is 1. The minimum atomic E-state index is -1.12. The van der Waals surface area contributed by atoms with Crippen molar-refractivity contribution in [1.82, 2.24) is 5.32 Å². The molecule has 2 N–H and O–H groups in total. The van der Waals surface area contributed by atoms with Crippen molar-refractivity contribution in [3.8, 4) is 11.5 Å². The fourth-order valence-corrected chi connectivity index (χ4v) is 1.80. The molecular formula is C14H15NO5. The van der Waals surface area contributed by atoms with Crippen molar-refractivity contribution in [1.29, 1.82) is 0 Å². The summed E-state index contributed by atoms with van der Waals surface area (Å²) in [4.78, 5) is 23.0. The first-order valence-corrected chi connectivity index (χ1v) is 6.14. The number of aliphatic carboxylic acids is 1. The molecule has 0 saturated carbocycles. The summed E-state index contributed by atoms with van der Waals surface area (Å²) < 4.78 is 10.9. The normalized spacial score (nSPS) is 17.9. The molecule has 0 fully saturated rings. The maximum absolute atomic E-state index is 12.0. The molecule has 0 saturated heterocycles. The molecule has 0 radical (unpaired) electrons. The lowest BCUT2D eigenvalue weighted by Crippen LogP contribution is -2.49. The van der Waals surface area contributed by atoms with Gasteiger partial charge in [0.15, 0.2) is 11.5 Å². The highest BCUT2D eigenvalue weighted by molar-refractivity contribution is 5.87. The number of fused-ring (bicyclic) bond motifs is 1. The van der Waals surface area contributed by atoms with Crippen LogP contribution in [-0.2, 0) is 9.59 Å². The first-order chi connectivity index (χ1) is 9.61. The van der Waals surface area contributed by atoms with E-state index in [-0.39, 0.29) is 13.0 Å². The van der Waals surface area contributed by atoms with Gasteiger partial charge in [0.2, 0.25) is 6.10 Å². The second-order valence-electron chi connectivity index (χ2n) is 4.29. The molecule has 2 rings (SSSR count). The predicted molar refractivity (Wildman–Crippen MR) is 70.7 cm³/mol. The Morgan fingerprint density at radius 2 is 2.15 bits per heavy atom. The number of carbonyl (C=O) groups is 2. The second kappa shape index (κ2) is 6.10. The Morgan fingerprint density at radius 1 is 1.45 bits per heavy atom. The zero-order valence-corrected chi connectivity index (χ0v) is 10.7. The van der Waals surface area contributed by atoms with Crippen molar-refractivity contribution < 1.29 is 24.2 Å². The van der Waals surface area contributed by atoms with Crippen molar-refractivity contribution in [3.05, 3.63) is 36.9 Å². The Bertz CT molecular complexity index is 528. The molecule has 20 heavy (non-hydrogen) atoms. The minimum Gasteiger partial charge on any atom is -0.485 e. The molecule has 0 aliphatic carbocycles. The lowest BCUT2D eigenvalue weighted by molar-refractivity contribution is -0.143. The standard InChI is InChI=1S/C14H15NO5/c1-2-5-9(14(17)18)15-13(16)12-8-19-10-6-3-4-7-11(10)20-12/h2-4,6-7,9,12H,1,5,8H2,(H,15,16)(H,17,18). The highest BCUT2D eigenvalue weighted by Gasteiger charge is 2.30. The van der Waals surface area contributed by atoms with Crippen LogP contribution in [0.4, 0.5) is 0 Å². The van der Waals surface area contributed by atoms with Crippen LogP contribution in [0.25, 0.3) is 0 Å². The Morgan fingerprint density at radius 3 is 2.80 bits per heavy atom. The lowest BCUT2D eigenvalue weighted by Gasteiger charge is -2.26. The van der Waals surface area contributed by atoms with Gasteiger partial charge in [0.25, 0.3) is 5.91 Å². The van der Waals surface area contributed by atoms with E-state index in [1.807, 2.05) is 0 Å². The summed E-state index contributed by atoms with van der Waals surface area (Å²) in [6.07, 6.45) is 0.717. The third kappa shape index (κ3) is 3.09. The lowest BCUT2D eigenvalue weighted by atomic mass is 10.2. The maximum Gasteiger partial charge on any atom is 0.326 e. The van der Waals surface area contributed by atoms with E-state index < -0.39 is 24.0 Å². The van der Waals surface area contributed by atoms with E-state index in [9.17, 15) is 9.59 Å². The van der Waals surface area contributed by atoms with Gasteiger partial charge in [-0.3, -0.25) is 4.79 Å². The van der Waals surface area contributed by atoms with E-state index in [0.29, 0.717) is 11.5 Å². The minimum absolute atomic E-state index is 0.0449. The van der Waals surface area contributed by atoms with Crippen LogP contribution in [0.5, 0.6) is 11.5 Å². The number of ether oxygens (including phenoxy) is 2. The van der Waals surface area contributed by atoms with Crippen LogP contribution in [0.15, 0.2) is 36.9 Å². The molecule has 0 aromatic heterocycles. The average molecular weight is 277 g/mol. The molecule has 1 aliphatic rings. The number of hydrogen-bond donors (Lipinski definition) is 2. The number of amides is 1. The number of carboxylic acids is 1. The molecule has 2 atom stereocenters. The van der Waals surface area contributed by atoms with Crippen LogP contribution in [0.1, 0.15) is 6.42 Å². The van der Waals surface area contributed by atoms with Gasteiger partial charge in [-0.05, 0) is 18.6 Å². The largest absolute Gasteiger partial charge is 0.485 e. The van der Waals surface area contributed by atoms with E-state index in [1.165, 1.54) is 6.08 Å².